The molecule has 0 aliphatic carbocycles. The molecule has 2 aliphatic rings. The highest BCUT2D eigenvalue weighted by Crippen LogP contribution is 2.36. The number of hydrogen-bond donors (Lipinski definition) is 3. The Labute approximate surface area is 137 Å². The van der Waals surface area contributed by atoms with Crippen molar-refractivity contribution in [3.05, 3.63) is 0 Å². The highest BCUT2D eigenvalue weighted by Gasteiger charge is 2.48. The third kappa shape index (κ3) is 4.03. The first-order valence-electron chi connectivity index (χ1n) is 7.55. The van der Waals surface area contributed by atoms with Crippen molar-refractivity contribution in [2.24, 2.45) is 5.92 Å². The Kier molecular flexibility index (Phi) is 6.00. The predicted molar refractivity (Wildman–Crippen MR) is 81.3 cm³/mol. The van der Waals surface area contributed by atoms with Gasteiger partial charge in [0.25, 0.3) is 0 Å². The van der Waals surface area contributed by atoms with Crippen LogP contribution < -0.4 is 5.32 Å². The van der Waals surface area contributed by atoms with Crippen LogP contribution in [0, 0.1) is 5.92 Å². The van der Waals surface area contributed by atoms with Crippen LogP contribution in [0.4, 0.5) is 4.79 Å². The molecule has 0 aromatic rings. The van der Waals surface area contributed by atoms with E-state index in [1.807, 2.05) is 0 Å². The summed E-state index contributed by atoms with van der Waals surface area (Å²) in [5.41, 5.74) is 0. The van der Waals surface area contributed by atoms with Gasteiger partial charge in [-0.15, -0.1) is 0 Å². The molecule has 23 heavy (non-hydrogen) atoms. The largest absolute Gasteiger partial charge is 0.481 e. The van der Waals surface area contributed by atoms with Gasteiger partial charge in [-0.2, -0.15) is 16.8 Å². The summed E-state index contributed by atoms with van der Waals surface area (Å²) in [6.07, 6.45) is 1.92. The molecule has 3 N–H and O–H groups in total. The number of carboxylic acid groups (broad SMARTS) is 1. The Morgan fingerprint density at radius 3 is 2.87 bits per heavy atom. The van der Waals surface area contributed by atoms with E-state index in [9.17, 15) is 24.4 Å². The second-order valence-electron chi connectivity index (χ2n) is 5.76. The van der Waals surface area contributed by atoms with Crippen molar-refractivity contribution in [2.75, 3.05) is 5.75 Å². The average molecular weight is 344 g/mol. The minimum atomic E-state index is -1.17. The van der Waals surface area contributed by atoms with Crippen LogP contribution in [0.15, 0.2) is 0 Å². The average Bonchev–Trinajstić information content (AvgIpc) is 3.02. The number of urea groups is 1. The van der Waals surface area contributed by atoms with Gasteiger partial charge in [0.15, 0.2) is 0 Å². The van der Waals surface area contributed by atoms with E-state index in [4.69, 9.17) is 5.11 Å². The number of aldehydes is 1. The van der Waals surface area contributed by atoms with E-state index in [-0.39, 0.29) is 36.6 Å². The van der Waals surface area contributed by atoms with Crippen molar-refractivity contribution < 1.29 is 29.5 Å². The topological polar surface area (TPSA) is 124 Å². The van der Waals surface area contributed by atoms with Gasteiger partial charge in [0.2, 0.25) is 0 Å². The normalized spacial score (nSPS) is 27.4. The van der Waals surface area contributed by atoms with E-state index in [0.717, 1.165) is 5.06 Å². The summed E-state index contributed by atoms with van der Waals surface area (Å²) < 4.78 is 0. The van der Waals surface area contributed by atoms with Crippen molar-refractivity contribution in [1.29, 1.82) is 0 Å². The number of hydroxylamine groups is 2. The first kappa shape index (κ1) is 17.7. The third-order valence-corrected chi connectivity index (χ3v) is 5.75. The molecule has 8 nitrogen and oxygen atoms in total. The Morgan fingerprint density at radius 2 is 2.22 bits per heavy atom. The van der Waals surface area contributed by atoms with Crippen LogP contribution in [0.5, 0.6) is 0 Å². The number of rotatable bonds is 9. The smallest absolute Gasteiger partial charge is 0.341 e. The molecule has 0 aromatic carbocycles. The number of nitrogens with zero attached hydrogens (tertiary/aromatic N) is 1. The van der Waals surface area contributed by atoms with Crippen LogP contribution in [-0.4, -0.2) is 62.5 Å². The number of nitrogens with one attached hydrogen (secondary N) is 1. The molecule has 2 saturated heterocycles. The molecule has 4 atom stereocenters. The summed E-state index contributed by atoms with van der Waals surface area (Å²) >= 11 is 1.63. The fraction of sp³-hybridized carbons (Fsp3) is 0.714. The van der Waals surface area contributed by atoms with Crippen molar-refractivity contribution >= 4 is 35.8 Å². The van der Waals surface area contributed by atoms with Crippen LogP contribution >= 0.6 is 11.8 Å². The number of ketones is 1. The molecule has 0 radical (unpaired) electrons. The lowest BCUT2D eigenvalue weighted by molar-refractivity contribution is -0.146. The second kappa shape index (κ2) is 7.78. The van der Waals surface area contributed by atoms with Gasteiger partial charge >= 0.3 is 12.0 Å². The number of carbonyl (C=O) groups excluding carboxylic acids is 3. The van der Waals surface area contributed by atoms with Gasteiger partial charge in [0.1, 0.15) is 18.0 Å². The van der Waals surface area contributed by atoms with E-state index < -0.39 is 23.7 Å². The van der Waals surface area contributed by atoms with Gasteiger partial charge in [-0.3, -0.25) is 14.8 Å². The standard InChI is InChI=1S/C14H20N2O6S/c17-6-2-4-10(18)8(13(19)20)3-1-5-11-12-9(7-23-11)15-14(21)16(12)22/h6,8-9,11-12,22H,1-5,7H2,(H,15,21)(H,19,20)/t8?,9-,11-,12-/m0/s1. The van der Waals surface area contributed by atoms with Gasteiger partial charge in [-0.1, -0.05) is 6.42 Å². The van der Waals surface area contributed by atoms with Gasteiger partial charge in [0.05, 0.1) is 12.1 Å². The van der Waals surface area contributed by atoms with Crippen LogP contribution in [0.2, 0.25) is 0 Å². The van der Waals surface area contributed by atoms with Gasteiger partial charge < -0.3 is 15.2 Å². The molecule has 2 heterocycles. The number of thioether (sulfide) groups is 1. The van der Waals surface area contributed by atoms with E-state index in [0.29, 0.717) is 24.9 Å². The van der Waals surface area contributed by atoms with E-state index in [1.54, 1.807) is 11.8 Å². The van der Waals surface area contributed by atoms with E-state index in [1.165, 1.54) is 0 Å². The molecule has 2 rings (SSSR count). The SMILES string of the molecule is O=CCCC(=O)C(CCC[C@@H]1SC[C@@H]2NC(=O)N(O)[C@@H]21)C(=O)O. The highest BCUT2D eigenvalue weighted by atomic mass is 32.2. The van der Waals surface area contributed by atoms with Crippen molar-refractivity contribution in [3.63, 3.8) is 0 Å². The molecule has 9 heteroatoms. The lowest BCUT2D eigenvalue weighted by Crippen LogP contribution is -2.38. The van der Waals surface area contributed by atoms with Crippen molar-refractivity contribution in [2.45, 2.75) is 49.4 Å². The molecular formula is C14H20N2O6S. The number of carboxylic acids is 1. The summed E-state index contributed by atoms with van der Waals surface area (Å²) in [6.45, 7) is 0. The summed E-state index contributed by atoms with van der Waals surface area (Å²) in [5.74, 6) is -1.98. The Morgan fingerprint density at radius 1 is 1.48 bits per heavy atom. The second-order valence-corrected chi connectivity index (χ2v) is 7.03. The number of Topliss-reactive ketones (excluding diaryl/α,β-unsaturated/α-hetero) is 1. The molecule has 2 aliphatic heterocycles. The number of fused-ring (bicyclic) bond motifs is 1. The fourth-order valence-electron chi connectivity index (χ4n) is 3.07. The summed E-state index contributed by atoms with van der Waals surface area (Å²) in [6, 6.07) is -0.897. The maximum atomic E-state index is 11.8. The monoisotopic (exact) mass is 344 g/mol. The maximum Gasteiger partial charge on any atom is 0.341 e. The first-order chi connectivity index (χ1) is 11.0. The lowest BCUT2D eigenvalue weighted by Gasteiger charge is -2.22. The Bertz CT molecular complexity index is 500. The maximum absolute atomic E-state index is 11.8. The molecule has 0 aromatic heterocycles. The molecule has 2 amide bonds. The number of carbonyl (C=O) groups is 4. The summed E-state index contributed by atoms with van der Waals surface area (Å²) in [4.78, 5) is 44.7. The molecule has 0 saturated carbocycles. The van der Waals surface area contributed by atoms with E-state index in [2.05, 4.69) is 5.32 Å². The fourth-order valence-corrected chi connectivity index (χ4v) is 4.64. The predicted octanol–water partition coefficient (Wildman–Crippen LogP) is 0.673. The van der Waals surface area contributed by atoms with Crippen LogP contribution in [0.25, 0.3) is 0 Å². The number of hydrogen-bond acceptors (Lipinski definition) is 6. The van der Waals surface area contributed by atoms with Crippen molar-refractivity contribution in [1.82, 2.24) is 10.4 Å². The number of amides is 2. The van der Waals surface area contributed by atoms with Crippen LogP contribution in [0.1, 0.15) is 32.1 Å². The Hall–Kier alpha value is -1.61. The zero-order valence-corrected chi connectivity index (χ0v) is 13.3. The minimum absolute atomic E-state index is 0.0171. The van der Waals surface area contributed by atoms with Gasteiger partial charge in [0, 0.05) is 23.8 Å². The molecule has 128 valence electrons. The minimum Gasteiger partial charge on any atom is -0.481 e. The van der Waals surface area contributed by atoms with E-state index >= 15 is 0 Å². The highest BCUT2D eigenvalue weighted by molar-refractivity contribution is 8.00. The summed E-state index contributed by atoms with van der Waals surface area (Å²) in [7, 11) is 0. The molecule has 0 bridgehead atoms. The quantitative estimate of drug-likeness (QED) is 0.243. The zero-order chi connectivity index (χ0) is 17.0. The van der Waals surface area contributed by atoms with Gasteiger partial charge in [-0.05, 0) is 12.8 Å². The first-order valence-corrected chi connectivity index (χ1v) is 8.60. The van der Waals surface area contributed by atoms with Crippen LogP contribution in [0.3, 0.4) is 0 Å². The lowest BCUT2D eigenvalue weighted by atomic mass is 9.93. The van der Waals surface area contributed by atoms with Crippen LogP contribution in [-0.2, 0) is 14.4 Å². The molecule has 2 fully saturated rings. The Balaban J connectivity index is 1.83. The summed E-state index contributed by atoms with van der Waals surface area (Å²) in [5, 5.41) is 22.3. The van der Waals surface area contributed by atoms with Crippen molar-refractivity contribution in [3.8, 4) is 0 Å². The number of aliphatic carboxylic acids is 1. The third-order valence-electron chi connectivity index (χ3n) is 4.26. The molecule has 0 spiro atoms. The zero-order valence-electron chi connectivity index (χ0n) is 12.5. The molecule has 1 unspecified atom stereocenters. The molecular weight excluding hydrogens is 324 g/mol. The van der Waals surface area contributed by atoms with Gasteiger partial charge in [-0.25, -0.2) is 4.79 Å².